The van der Waals surface area contributed by atoms with Crippen molar-refractivity contribution in [3.05, 3.63) is 11.6 Å². The summed E-state index contributed by atoms with van der Waals surface area (Å²) in [4.78, 5) is 14.4. The van der Waals surface area contributed by atoms with Crippen molar-refractivity contribution in [3.8, 4) is 0 Å². The number of alkyl carbamates (subject to hydrolysis) is 1. The van der Waals surface area contributed by atoms with Gasteiger partial charge in [0.1, 0.15) is 6.10 Å². The van der Waals surface area contributed by atoms with Crippen molar-refractivity contribution >= 4 is 6.09 Å². The van der Waals surface area contributed by atoms with Crippen LogP contribution in [0.2, 0.25) is 0 Å². The number of rotatable bonds is 9. The maximum Gasteiger partial charge on any atom is 0.407 e. The zero-order chi connectivity index (χ0) is 26.1. The van der Waals surface area contributed by atoms with Crippen molar-refractivity contribution in [2.24, 2.45) is 46.3 Å². The Morgan fingerprint density at radius 2 is 1.86 bits per heavy atom. The van der Waals surface area contributed by atoms with Crippen molar-refractivity contribution in [1.82, 2.24) is 10.2 Å². The van der Waals surface area contributed by atoms with Crippen LogP contribution >= 0.6 is 0 Å². The predicted molar refractivity (Wildman–Crippen MR) is 150 cm³/mol. The first kappa shape index (κ1) is 28.0. The topological polar surface area (TPSA) is 41.6 Å². The molecule has 0 aromatic carbocycles. The predicted octanol–water partition coefficient (Wildman–Crippen LogP) is 7.68. The number of fused-ring (bicyclic) bond motifs is 5. The molecule has 1 amide bonds. The van der Waals surface area contributed by atoms with Crippen molar-refractivity contribution in [2.45, 2.75) is 111 Å². The highest BCUT2D eigenvalue weighted by Crippen LogP contribution is 2.67. The highest BCUT2D eigenvalue weighted by atomic mass is 16.6. The molecule has 0 saturated heterocycles. The van der Waals surface area contributed by atoms with E-state index in [2.05, 4.69) is 50.9 Å². The van der Waals surface area contributed by atoms with E-state index in [1.807, 2.05) is 14.1 Å². The summed E-state index contributed by atoms with van der Waals surface area (Å²) in [6.07, 6.45) is 16.7. The number of hydrogen-bond donors (Lipinski definition) is 1. The van der Waals surface area contributed by atoms with E-state index in [1.54, 1.807) is 5.57 Å². The molecule has 0 spiro atoms. The summed E-state index contributed by atoms with van der Waals surface area (Å²) in [5.74, 6) is 5.21. The van der Waals surface area contributed by atoms with Gasteiger partial charge in [0, 0.05) is 19.5 Å². The van der Waals surface area contributed by atoms with Gasteiger partial charge in [-0.05, 0) is 105 Å². The Balaban J connectivity index is 1.37. The van der Waals surface area contributed by atoms with Crippen LogP contribution in [0, 0.1) is 46.3 Å². The Labute approximate surface area is 222 Å². The Morgan fingerprint density at radius 3 is 2.58 bits per heavy atom. The van der Waals surface area contributed by atoms with E-state index in [-0.39, 0.29) is 12.2 Å². The molecule has 4 aliphatic carbocycles. The van der Waals surface area contributed by atoms with E-state index in [0.717, 1.165) is 54.9 Å². The molecule has 1 N–H and O–H groups in total. The fraction of sp³-hybridized carbons (Fsp3) is 0.906. The largest absolute Gasteiger partial charge is 0.446 e. The monoisotopic (exact) mass is 500 g/mol. The number of likely N-dealkylation sites (N-methyl/N-ethyl adjacent to an activating group) is 1. The minimum absolute atomic E-state index is 0.0386. The summed E-state index contributed by atoms with van der Waals surface area (Å²) >= 11 is 0. The van der Waals surface area contributed by atoms with Gasteiger partial charge >= 0.3 is 6.09 Å². The van der Waals surface area contributed by atoms with Crippen molar-refractivity contribution in [3.63, 3.8) is 0 Å². The van der Waals surface area contributed by atoms with Gasteiger partial charge in [0.15, 0.2) is 0 Å². The molecular formula is C32H56N2O2. The maximum atomic E-state index is 12.3. The first-order valence-corrected chi connectivity index (χ1v) is 15.3. The number of carbonyl (C=O) groups is 1. The number of allylic oxidation sites excluding steroid dienone is 1. The van der Waals surface area contributed by atoms with Crippen LogP contribution in [0.4, 0.5) is 4.79 Å². The van der Waals surface area contributed by atoms with Gasteiger partial charge < -0.3 is 15.0 Å². The molecular weight excluding hydrogens is 444 g/mol. The molecule has 36 heavy (non-hydrogen) atoms. The number of carbonyl (C=O) groups excluding carboxylic acids is 1. The molecule has 0 heterocycles. The molecule has 4 nitrogen and oxygen atoms in total. The fourth-order valence-corrected chi connectivity index (χ4v) is 9.33. The normalized spacial score (nSPS) is 38.7. The molecule has 0 aliphatic heterocycles. The second-order valence-electron chi connectivity index (χ2n) is 14.3. The highest BCUT2D eigenvalue weighted by Gasteiger charge is 2.59. The van der Waals surface area contributed by atoms with Gasteiger partial charge in [-0.3, -0.25) is 0 Å². The van der Waals surface area contributed by atoms with Crippen molar-refractivity contribution in [2.75, 3.05) is 27.2 Å². The van der Waals surface area contributed by atoms with Crippen molar-refractivity contribution < 1.29 is 9.53 Å². The Morgan fingerprint density at radius 1 is 1.08 bits per heavy atom. The number of nitrogens with zero attached hydrogens (tertiary/aromatic N) is 1. The summed E-state index contributed by atoms with van der Waals surface area (Å²) < 4.78 is 5.87. The van der Waals surface area contributed by atoms with Gasteiger partial charge in [0.25, 0.3) is 0 Å². The van der Waals surface area contributed by atoms with E-state index >= 15 is 0 Å². The van der Waals surface area contributed by atoms with Gasteiger partial charge in [-0.2, -0.15) is 0 Å². The molecule has 0 bridgehead atoms. The SMILES string of the molecule is CC(C)CCC[C@@H](C)[C@H]1CC[C@H]2[C@@H]3CC=C4C[C@@H](OC(=O)NCCN(C)C)CC[C@]4(C)C3CC[C@]12C. The second kappa shape index (κ2) is 11.4. The highest BCUT2D eigenvalue weighted by molar-refractivity contribution is 5.67. The van der Waals surface area contributed by atoms with Crippen LogP contribution in [-0.4, -0.2) is 44.3 Å². The third-order valence-electron chi connectivity index (χ3n) is 11.4. The summed E-state index contributed by atoms with van der Waals surface area (Å²) in [5, 5.41) is 2.93. The Kier molecular flexibility index (Phi) is 8.85. The minimum Gasteiger partial charge on any atom is -0.446 e. The summed E-state index contributed by atoms with van der Waals surface area (Å²) in [6.45, 7) is 14.0. The molecule has 3 fully saturated rings. The zero-order valence-electron chi connectivity index (χ0n) is 24.6. The lowest BCUT2D eigenvalue weighted by Gasteiger charge is -2.58. The van der Waals surface area contributed by atoms with E-state index < -0.39 is 0 Å². The quantitative estimate of drug-likeness (QED) is 0.330. The third-order valence-corrected chi connectivity index (χ3v) is 11.4. The number of amides is 1. The van der Waals surface area contributed by atoms with Gasteiger partial charge in [0.05, 0.1) is 0 Å². The number of nitrogens with one attached hydrogen (secondary N) is 1. The van der Waals surface area contributed by atoms with Crippen LogP contribution in [0.1, 0.15) is 105 Å². The van der Waals surface area contributed by atoms with Crippen LogP contribution in [-0.2, 0) is 4.74 Å². The Bertz CT molecular complexity index is 791. The van der Waals surface area contributed by atoms with Crippen LogP contribution in [0.15, 0.2) is 11.6 Å². The molecule has 8 atom stereocenters. The average molecular weight is 501 g/mol. The molecule has 4 heteroatoms. The van der Waals surface area contributed by atoms with E-state index in [4.69, 9.17) is 4.74 Å². The molecule has 1 unspecified atom stereocenters. The van der Waals surface area contributed by atoms with Crippen LogP contribution in [0.5, 0.6) is 0 Å². The van der Waals surface area contributed by atoms with E-state index in [1.165, 1.54) is 57.8 Å². The van der Waals surface area contributed by atoms with Gasteiger partial charge in [0.2, 0.25) is 0 Å². The molecule has 0 aromatic heterocycles. The van der Waals surface area contributed by atoms with Crippen molar-refractivity contribution in [1.29, 1.82) is 0 Å². The second-order valence-corrected chi connectivity index (χ2v) is 14.3. The summed E-state index contributed by atoms with van der Waals surface area (Å²) in [7, 11) is 4.04. The third kappa shape index (κ3) is 5.69. The molecule has 0 radical (unpaired) electrons. The smallest absolute Gasteiger partial charge is 0.407 e. The van der Waals surface area contributed by atoms with Gasteiger partial charge in [-0.1, -0.05) is 65.5 Å². The number of hydrogen-bond acceptors (Lipinski definition) is 3. The summed E-state index contributed by atoms with van der Waals surface area (Å²) in [5.41, 5.74) is 2.46. The van der Waals surface area contributed by atoms with Crippen LogP contribution in [0.3, 0.4) is 0 Å². The average Bonchev–Trinajstić information content (AvgIpc) is 3.16. The molecule has 3 saturated carbocycles. The zero-order valence-corrected chi connectivity index (χ0v) is 24.6. The fourth-order valence-electron chi connectivity index (χ4n) is 9.33. The molecule has 4 rings (SSSR count). The van der Waals surface area contributed by atoms with Crippen LogP contribution < -0.4 is 5.32 Å². The van der Waals surface area contributed by atoms with E-state index in [0.29, 0.717) is 17.4 Å². The molecule has 4 aliphatic rings. The minimum atomic E-state index is -0.243. The van der Waals surface area contributed by atoms with E-state index in [9.17, 15) is 4.79 Å². The summed E-state index contributed by atoms with van der Waals surface area (Å²) in [6, 6.07) is 0. The van der Waals surface area contributed by atoms with Crippen LogP contribution in [0.25, 0.3) is 0 Å². The molecule has 206 valence electrons. The Hall–Kier alpha value is -1.03. The lowest BCUT2D eigenvalue weighted by atomic mass is 9.47. The maximum absolute atomic E-state index is 12.3. The standard InChI is InChI=1S/C32H56N2O2/c1-22(2)9-8-10-23(3)27-13-14-28-26-12-11-24-21-25(36-30(35)33-19-20-34(6)7)15-17-31(24,4)29(26)16-18-32(27,28)5/h11,22-23,25-29H,8-10,12-21H2,1-7H3,(H,33,35)/t23-,25+,26+,27-,28+,29?,31+,32-/m1/s1. The number of ether oxygens (including phenoxy) is 1. The lowest BCUT2D eigenvalue weighted by Crippen LogP contribution is -2.51. The first-order chi connectivity index (χ1) is 17.0. The van der Waals surface area contributed by atoms with Gasteiger partial charge in [-0.25, -0.2) is 4.79 Å². The molecule has 0 aromatic rings. The van der Waals surface area contributed by atoms with Gasteiger partial charge in [-0.15, -0.1) is 0 Å². The lowest BCUT2D eigenvalue weighted by molar-refractivity contribution is -0.0581. The first-order valence-electron chi connectivity index (χ1n) is 15.3.